The van der Waals surface area contributed by atoms with Crippen LogP contribution in [-0.2, 0) is 9.53 Å². The number of rotatable bonds is 8. The van der Waals surface area contributed by atoms with E-state index in [-0.39, 0.29) is 11.1 Å². The van der Waals surface area contributed by atoms with Gasteiger partial charge in [-0.1, -0.05) is 6.07 Å². The number of anilines is 1. The first-order valence-electron chi connectivity index (χ1n) is 8.89. The molecule has 11 nitrogen and oxygen atoms in total. The molecule has 2 heterocycles. The van der Waals surface area contributed by atoms with Crippen molar-refractivity contribution in [2.24, 2.45) is 0 Å². The summed E-state index contributed by atoms with van der Waals surface area (Å²) in [5.74, 6) is -1.96. The lowest BCUT2D eigenvalue weighted by Gasteiger charge is -2.21. The van der Waals surface area contributed by atoms with Crippen LogP contribution in [-0.4, -0.2) is 58.9 Å². The third kappa shape index (κ3) is 3.96. The first-order chi connectivity index (χ1) is 14.3. The third-order valence-corrected chi connectivity index (χ3v) is 4.43. The van der Waals surface area contributed by atoms with E-state index in [1.54, 1.807) is 19.2 Å². The van der Waals surface area contributed by atoms with Crippen LogP contribution >= 0.6 is 0 Å². The lowest BCUT2D eigenvalue weighted by Crippen LogP contribution is -2.45. The van der Waals surface area contributed by atoms with Gasteiger partial charge in [-0.15, -0.1) is 0 Å². The van der Waals surface area contributed by atoms with E-state index in [4.69, 9.17) is 9.47 Å². The molecule has 1 aromatic heterocycles. The van der Waals surface area contributed by atoms with Crippen molar-refractivity contribution >= 4 is 29.1 Å². The highest BCUT2D eigenvalue weighted by Crippen LogP contribution is 2.32. The van der Waals surface area contributed by atoms with Crippen LogP contribution in [0.15, 0.2) is 36.5 Å². The minimum absolute atomic E-state index is 0.104. The van der Waals surface area contributed by atoms with Crippen LogP contribution in [0.2, 0.25) is 0 Å². The third-order valence-electron chi connectivity index (χ3n) is 4.43. The average molecular weight is 414 g/mol. The normalized spacial score (nSPS) is 13.7. The summed E-state index contributed by atoms with van der Waals surface area (Å²) in [5.41, 5.74) is -0.567. The van der Waals surface area contributed by atoms with Gasteiger partial charge in [0.1, 0.15) is 18.2 Å². The smallest absolute Gasteiger partial charge is 0.282 e. The Balaban J connectivity index is 1.72. The number of amides is 3. The lowest BCUT2D eigenvalue weighted by atomic mass is 10.1. The summed E-state index contributed by atoms with van der Waals surface area (Å²) in [6.07, 6.45) is 1.36. The Morgan fingerprint density at radius 3 is 2.63 bits per heavy atom. The number of hydrogen-bond acceptors (Lipinski definition) is 8. The van der Waals surface area contributed by atoms with Gasteiger partial charge in [0.05, 0.1) is 29.0 Å². The van der Waals surface area contributed by atoms with Crippen molar-refractivity contribution in [3.05, 3.63) is 57.8 Å². The van der Waals surface area contributed by atoms with E-state index < -0.39 is 34.4 Å². The van der Waals surface area contributed by atoms with Crippen LogP contribution in [0, 0.1) is 10.1 Å². The zero-order valence-corrected chi connectivity index (χ0v) is 16.2. The number of aromatic nitrogens is 1. The fourth-order valence-electron chi connectivity index (χ4n) is 2.92. The number of ether oxygens (including phenoxy) is 2. The van der Waals surface area contributed by atoms with Crippen LogP contribution in [0.1, 0.15) is 27.6 Å². The molecule has 156 valence electrons. The number of imide groups is 1. The van der Waals surface area contributed by atoms with Crippen LogP contribution in [0.3, 0.4) is 0 Å². The number of hydrogen-bond donors (Lipinski definition) is 1. The van der Waals surface area contributed by atoms with Gasteiger partial charge in [-0.25, -0.2) is 4.98 Å². The molecule has 3 amide bonds. The maximum Gasteiger partial charge on any atom is 0.282 e. The number of nitrogens with zero attached hydrogens (tertiary/aromatic N) is 3. The van der Waals surface area contributed by atoms with Gasteiger partial charge >= 0.3 is 0 Å². The minimum Gasteiger partial charge on any atom is -0.475 e. The maximum atomic E-state index is 12.7. The molecule has 0 saturated carbocycles. The Bertz CT molecular complexity index is 1010. The van der Waals surface area contributed by atoms with Gasteiger partial charge in [-0.05, 0) is 19.1 Å². The highest BCUT2D eigenvalue weighted by atomic mass is 16.6. The monoisotopic (exact) mass is 414 g/mol. The van der Waals surface area contributed by atoms with Gasteiger partial charge in [0, 0.05) is 19.2 Å². The van der Waals surface area contributed by atoms with Crippen molar-refractivity contribution in [1.82, 2.24) is 9.88 Å². The van der Waals surface area contributed by atoms with E-state index in [9.17, 15) is 24.5 Å². The van der Waals surface area contributed by atoms with Crippen molar-refractivity contribution in [2.75, 3.05) is 25.6 Å². The second-order valence-corrected chi connectivity index (χ2v) is 6.33. The van der Waals surface area contributed by atoms with Gasteiger partial charge in [0.15, 0.2) is 0 Å². The minimum atomic E-state index is -1.20. The fourth-order valence-corrected chi connectivity index (χ4v) is 2.92. The zero-order chi connectivity index (χ0) is 21.8. The number of carbonyl (C=O) groups excluding carboxylic acids is 3. The van der Waals surface area contributed by atoms with E-state index in [2.05, 4.69) is 10.3 Å². The topological polar surface area (TPSA) is 141 Å². The second-order valence-electron chi connectivity index (χ2n) is 6.33. The number of benzene rings is 1. The molecule has 1 unspecified atom stereocenters. The predicted octanol–water partition coefficient (Wildman–Crippen LogP) is 1.64. The standard InChI is InChI=1S/C19H18N4O7/c1-11(17(24)21-12-6-7-15(20-10-12)30-9-8-29-2)22-18(25)13-4-3-5-14(23(27)28)16(13)19(22)26/h3-7,10-11H,8-9H2,1-2H3,(H,21,24). The van der Waals surface area contributed by atoms with E-state index in [0.717, 1.165) is 6.07 Å². The van der Waals surface area contributed by atoms with E-state index in [0.29, 0.717) is 29.7 Å². The molecule has 30 heavy (non-hydrogen) atoms. The molecule has 3 rings (SSSR count). The molecule has 0 saturated heterocycles. The largest absolute Gasteiger partial charge is 0.475 e. The van der Waals surface area contributed by atoms with Crippen LogP contribution in [0.25, 0.3) is 0 Å². The Morgan fingerprint density at radius 2 is 2.00 bits per heavy atom. The number of carbonyl (C=O) groups is 3. The molecular weight excluding hydrogens is 396 g/mol. The van der Waals surface area contributed by atoms with Crippen molar-refractivity contribution in [1.29, 1.82) is 0 Å². The number of pyridine rings is 1. The predicted molar refractivity (Wildman–Crippen MR) is 103 cm³/mol. The van der Waals surface area contributed by atoms with Gasteiger partial charge in [0.25, 0.3) is 17.5 Å². The SMILES string of the molecule is COCCOc1ccc(NC(=O)C(C)N2C(=O)c3cccc([N+](=O)[O-])c3C2=O)cn1. The molecule has 0 radical (unpaired) electrons. The highest BCUT2D eigenvalue weighted by Gasteiger charge is 2.44. The van der Waals surface area contributed by atoms with Crippen molar-refractivity contribution in [2.45, 2.75) is 13.0 Å². The first kappa shape index (κ1) is 20.9. The number of nitro groups is 1. The average Bonchev–Trinajstić information content (AvgIpc) is 2.99. The Kier molecular flexibility index (Phi) is 6.02. The summed E-state index contributed by atoms with van der Waals surface area (Å²) in [6, 6.07) is 5.67. The molecule has 1 atom stereocenters. The molecule has 1 aliphatic rings. The molecule has 11 heteroatoms. The Hall–Kier alpha value is -3.86. The van der Waals surface area contributed by atoms with Crippen molar-refractivity contribution in [3.63, 3.8) is 0 Å². The molecule has 0 bridgehead atoms. The van der Waals surface area contributed by atoms with E-state index in [1.807, 2.05) is 0 Å². The summed E-state index contributed by atoms with van der Waals surface area (Å²) >= 11 is 0. The number of nitro benzene ring substituents is 1. The fraction of sp³-hybridized carbons (Fsp3) is 0.263. The summed E-state index contributed by atoms with van der Waals surface area (Å²) in [5, 5.41) is 13.8. The van der Waals surface area contributed by atoms with Crippen LogP contribution in [0.4, 0.5) is 11.4 Å². The van der Waals surface area contributed by atoms with Crippen LogP contribution in [0.5, 0.6) is 5.88 Å². The molecule has 0 aliphatic carbocycles. The maximum absolute atomic E-state index is 12.7. The van der Waals surface area contributed by atoms with Gasteiger partial charge in [-0.2, -0.15) is 0 Å². The first-order valence-corrected chi connectivity index (χ1v) is 8.89. The number of nitrogens with one attached hydrogen (secondary N) is 1. The van der Waals surface area contributed by atoms with Crippen molar-refractivity contribution < 1.29 is 28.8 Å². The van der Waals surface area contributed by atoms with Gasteiger partial charge in [0.2, 0.25) is 11.8 Å². The van der Waals surface area contributed by atoms with Gasteiger partial charge < -0.3 is 14.8 Å². The van der Waals surface area contributed by atoms with Crippen LogP contribution < -0.4 is 10.1 Å². The van der Waals surface area contributed by atoms with E-state index >= 15 is 0 Å². The summed E-state index contributed by atoms with van der Waals surface area (Å²) in [4.78, 5) is 53.1. The van der Waals surface area contributed by atoms with Gasteiger partial charge in [-0.3, -0.25) is 29.4 Å². The molecule has 2 aromatic rings. The Labute approximate surface area is 170 Å². The summed E-state index contributed by atoms with van der Waals surface area (Å²) in [6.45, 7) is 2.08. The highest BCUT2D eigenvalue weighted by molar-refractivity contribution is 6.24. The quantitative estimate of drug-likeness (QED) is 0.297. The number of methoxy groups -OCH3 is 1. The zero-order valence-electron chi connectivity index (χ0n) is 16.2. The second kappa shape index (κ2) is 8.66. The molecule has 1 aliphatic heterocycles. The molecule has 1 aromatic carbocycles. The Morgan fingerprint density at radius 1 is 1.23 bits per heavy atom. The van der Waals surface area contributed by atoms with Crippen molar-refractivity contribution in [3.8, 4) is 5.88 Å². The number of fused-ring (bicyclic) bond motifs is 1. The molecule has 1 N–H and O–H groups in total. The molecular formula is C19H18N4O7. The lowest BCUT2D eigenvalue weighted by molar-refractivity contribution is -0.385. The molecule has 0 spiro atoms. The van der Waals surface area contributed by atoms with E-state index in [1.165, 1.54) is 25.3 Å². The summed E-state index contributed by atoms with van der Waals surface area (Å²) in [7, 11) is 1.54. The summed E-state index contributed by atoms with van der Waals surface area (Å²) < 4.78 is 10.2. The molecule has 0 fully saturated rings.